The van der Waals surface area contributed by atoms with Gasteiger partial charge in [0.2, 0.25) is 21.8 Å². The summed E-state index contributed by atoms with van der Waals surface area (Å²) in [4.78, 5) is 35.4. The molecule has 0 aliphatic carbocycles. The molecule has 1 aliphatic heterocycles. The number of amides is 2. The molecule has 1 aliphatic rings. The second-order valence-electron chi connectivity index (χ2n) is 6.89. The van der Waals surface area contributed by atoms with Crippen LogP contribution in [0.5, 0.6) is 0 Å². The first-order valence-corrected chi connectivity index (χ1v) is 10.5. The molecular formula is C16H29N3O6S. The van der Waals surface area contributed by atoms with E-state index in [0.717, 1.165) is 0 Å². The Morgan fingerprint density at radius 2 is 1.92 bits per heavy atom. The molecular weight excluding hydrogens is 362 g/mol. The van der Waals surface area contributed by atoms with Crippen molar-refractivity contribution in [1.82, 2.24) is 14.9 Å². The molecule has 1 heterocycles. The molecule has 2 amide bonds. The molecule has 0 aromatic heterocycles. The molecule has 26 heavy (non-hydrogen) atoms. The predicted octanol–water partition coefficient (Wildman–Crippen LogP) is -0.0777. The largest absolute Gasteiger partial charge is 0.480 e. The average molecular weight is 391 g/mol. The number of carbonyl (C=O) groups is 3. The zero-order valence-corrected chi connectivity index (χ0v) is 16.3. The zero-order valence-electron chi connectivity index (χ0n) is 15.5. The number of hydrogen-bond acceptors (Lipinski definition) is 5. The molecule has 3 N–H and O–H groups in total. The van der Waals surface area contributed by atoms with Crippen molar-refractivity contribution in [2.45, 2.75) is 58.5 Å². The number of nitrogens with zero attached hydrogens (tertiary/aromatic N) is 1. The van der Waals surface area contributed by atoms with E-state index in [4.69, 9.17) is 5.11 Å². The molecule has 1 saturated heterocycles. The molecule has 150 valence electrons. The van der Waals surface area contributed by atoms with Crippen molar-refractivity contribution in [2.75, 3.05) is 18.8 Å². The fraction of sp³-hybridized carbons (Fsp3) is 0.812. The van der Waals surface area contributed by atoms with Gasteiger partial charge < -0.3 is 15.7 Å². The van der Waals surface area contributed by atoms with Gasteiger partial charge in [0.15, 0.2) is 0 Å². The van der Waals surface area contributed by atoms with Gasteiger partial charge in [0.1, 0.15) is 12.1 Å². The average Bonchev–Trinajstić information content (AvgIpc) is 3.02. The Balaban J connectivity index is 2.59. The minimum atomic E-state index is -3.49. The SMILES string of the molecule is CCCS(=O)(=O)N1CCCC1C(=O)NCC(=O)N[C@@H](CC(C)C)C(=O)O. The molecule has 1 unspecified atom stereocenters. The van der Waals surface area contributed by atoms with Gasteiger partial charge in [0.25, 0.3) is 0 Å². The van der Waals surface area contributed by atoms with Gasteiger partial charge in [-0.05, 0) is 31.6 Å². The van der Waals surface area contributed by atoms with Crippen molar-refractivity contribution in [3.8, 4) is 0 Å². The van der Waals surface area contributed by atoms with E-state index >= 15 is 0 Å². The highest BCUT2D eigenvalue weighted by atomic mass is 32.2. The van der Waals surface area contributed by atoms with E-state index in [9.17, 15) is 22.8 Å². The molecule has 0 bridgehead atoms. The normalized spacial score (nSPS) is 19.3. The first-order valence-electron chi connectivity index (χ1n) is 8.87. The molecule has 0 aromatic carbocycles. The van der Waals surface area contributed by atoms with Crippen LogP contribution >= 0.6 is 0 Å². The third-order valence-electron chi connectivity index (χ3n) is 4.09. The van der Waals surface area contributed by atoms with Crippen molar-refractivity contribution in [2.24, 2.45) is 5.92 Å². The number of carboxylic acids is 1. The molecule has 1 fully saturated rings. The highest BCUT2D eigenvalue weighted by Gasteiger charge is 2.38. The maximum atomic E-state index is 12.3. The van der Waals surface area contributed by atoms with Gasteiger partial charge >= 0.3 is 5.97 Å². The van der Waals surface area contributed by atoms with Crippen LogP contribution in [0, 0.1) is 5.92 Å². The number of carbonyl (C=O) groups excluding carboxylic acids is 2. The Morgan fingerprint density at radius 3 is 2.46 bits per heavy atom. The third kappa shape index (κ3) is 6.56. The summed E-state index contributed by atoms with van der Waals surface area (Å²) < 4.78 is 25.6. The van der Waals surface area contributed by atoms with E-state index in [0.29, 0.717) is 25.8 Å². The Labute approximate surface area is 154 Å². The van der Waals surface area contributed by atoms with Crippen molar-refractivity contribution in [3.63, 3.8) is 0 Å². The van der Waals surface area contributed by atoms with Crippen molar-refractivity contribution in [1.29, 1.82) is 0 Å². The summed E-state index contributed by atoms with van der Waals surface area (Å²) in [6, 6.07) is -1.84. The van der Waals surface area contributed by atoms with E-state index in [1.165, 1.54) is 4.31 Å². The summed E-state index contributed by atoms with van der Waals surface area (Å²) in [5.74, 6) is -2.22. The Kier molecular flexibility index (Phi) is 8.48. The van der Waals surface area contributed by atoms with Gasteiger partial charge in [0, 0.05) is 6.54 Å². The highest BCUT2D eigenvalue weighted by Crippen LogP contribution is 2.21. The predicted molar refractivity (Wildman–Crippen MR) is 95.8 cm³/mol. The zero-order chi connectivity index (χ0) is 19.9. The first-order chi connectivity index (χ1) is 12.1. The fourth-order valence-corrected chi connectivity index (χ4v) is 4.68. The van der Waals surface area contributed by atoms with Crippen LogP contribution < -0.4 is 10.6 Å². The number of nitrogens with one attached hydrogen (secondary N) is 2. The topological polar surface area (TPSA) is 133 Å². The van der Waals surface area contributed by atoms with Gasteiger partial charge in [-0.1, -0.05) is 20.8 Å². The maximum Gasteiger partial charge on any atom is 0.326 e. The van der Waals surface area contributed by atoms with Crippen molar-refractivity contribution < 1.29 is 27.9 Å². The molecule has 1 rings (SSSR count). The van der Waals surface area contributed by atoms with E-state index in [1.807, 2.05) is 13.8 Å². The van der Waals surface area contributed by atoms with Crippen LogP contribution in [0.25, 0.3) is 0 Å². The number of rotatable bonds is 10. The molecule has 0 saturated carbocycles. The highest BCUT2D eigenvalue weighted by molar-refractivity contribution is 7.89. The van der Waals surface area contributed by atoms with Gasteiger partial charge in [-0.25, -0.2) is 13.2 Å². The van der Waals surface area contributed by atoms with Crippen LogP contribution in [0.2, 0.25) is 0 Å². The van der Waals surface area contributed by atoms with Crippen LogP contribution in [0.3, 0.4) is 0 Å². The van der Waals surface area contributed by atoms with Crippen LogP contribution in [0.1, 0.15) is 46.5 Å². The molecule has 0 spiro atoms. The molecule has 9 nitrogen and oxygen atoms in total. The first kappa shape index (κ1) is 22.4. The van der Waals surface area contributed by atoms with E-state index < -0.39 is 46.4 Å². The number of hydrogen-bond donors (Lipinski definition) is 3. The standard InChI is InChI=1S/C16H29N3O6S/c1-4-8-26(24,25)19-7-5-6-13(19)15(21)17-10-14(20)18-12(16(22)23)9-11(2)3/h11-13H,4-10H2,1-3H3,(H,17,21)(H,18,20)(H,22,23)/t12-,13?/m0/s1. The van der Waals surface area contributed by atoms with E-state index in [1.54, 1.807) is 6.92 Å². The summed E-state index contributed by atoms with van der Waals surface area (Å²) >= 11 is 0. The Morgan fingerprint density at radius 1 is 1.27 bits per heavy atom. The number of sulfonamides is 1. The maximum absolute atomic E-state index is 12.3. The Hall–Kier alpha value is -1.68. The van der Waals surface area contributed by atoms with Crippen LogP contribution in [0.4, 0.5) is 0 Å². The van der Waals surface area contributed by atoms with Crippen LogP contribution in [-0.2, 0) is 24.4 Å². The lowest BCUT2D eigenvalue weighted by Gasteiger charge is -2.23. The lowest BCUT2D eigenvalue weighted by Crippen LogP contribution is -2.50. The fourth-order valence-electron chi connectivity index (χ4n) is 2.93. The second-order valence-corrected chi connectivity index (χ2v) is 8.93. The third-order valence-corrected chi connectivity index (χ3v) is 6.17. The summed E-state index contributed by atoms with van der Waals surface area (Å²) in [5, 5.41) is 13.9. The molecule has 0 radical (unpaired) electrons. The summed E-state index contributed by atoms with van der Waals surface area (Å²) in [7, 11) is -3.49. The quantitative estimate of drug-likeness (QED) is 0.477. The van der Waals surface area contributed by atoms with E-state index in [2.05, 4.69) is 10.6 Å². The van der Waals surface area contributed by atoms with Gasteiger partial charge in [0.05, 0.1) is 12.3 Å². The van der Waals surface area contributed by atoms with Gasteiger partial charge in [-0.3, -0.25) is 9.59 Å². The van der Waals surface area contributed by atoms with Gasteiger partial charge in [-0.15, -0.1) is 0 Å². The molecule has 10 heteroatoms. The minimum Gasteiger partial charge on any atom is -0.480 e. The monoisotopic (exact) mass is 391 g/mol. The summed E-state index contributed by atoms with van der Waals surface area (Å²) in [5.41, 5.74) is 0. The number of aliphatic carboxylic acids is 1. The second kappa shape index (κ2) is 9.86. The minimum absolute atomic E-state index is 0.0211. The van der Waals surface area contributed by atoms with Crippen molar-refractivity contribution in [3.05, 3.63) is 0 Å². The van der Waals surface area contributed by atoms with Gasteiger partial charge in [-0.2, -0.15) is 4.31 Å². The van der Waals surface area contributed by atoms with E-state index in [-0.39, 0.29) is 18.1 Å². The summed E-state index contributed by atoms with van der Waals surface area (Å²) in [6.07, 6.45) is 1.73. The lowest BCUT2D eigenvalue weighted by molar-refractivity contribution is -0.142. The van der Waals surface area contributed by atoms with Crippen molar-refractivity contribution >= 4 is 27.8 Å². The number of carboxylic acid groups (broad SMARTS) is 1. The molecule has 0 aromatic rings. The van der Waals surface area contributed by atoms with Crippen LogP contribution in [-0.4, -0.2) is 66.5 Å². The van der Waals surface area contributed by atoms with Crippen LogP contribution in [0.15, 0.2) is 0 Å². The Bertz CT molecular complexity index is 619. The molecule has 2 atom stereocenters. The summed E-state index contributed by atoms with van der Waals surface area (Å²) in [6.45, 7) is 5.34. The smallest absolute Gasteiger partial charge is 0.326 e. The lowest BCUT2D eigenvalue weighted by atomic mass is 10.0.